The minimum Gasteiger partial charge on any atom is -0.469 e. The highest BCUT2D eigenvalue weighted by Crippen LogP contribution is 2.16. The molecule has 1 rings (SSSR count). The number of methoxy groups -OCH3 is 1. The van der Waals surface area contributed by atoms with Gasteiger partial charge in [-0.2, -0.15) is 5.26 Å². The molecule has 1 aromatic carbocycles. The fraction of sp³-hybridized carbons (Fsp3) is 0.333. The quantitative estimate of drug-likeness (QED) is 0.769. The summed E-state index contributed by atoms with van der Waals surface area (Å²) in [5.74, 6) is -0.351. The van der Waals surface area contributed by atoms with Gasteiger partial charge in [-0.05, 0) is 29.7 Å². The van der Waals surface area contributed by atoms with Crippen LogP contribution in [0.3, 0.4) is 0 Å². The van der Waals surface area contributed by atoms with Gasteiger partial charge in [-0.1, -0.05) is 6.07 Å². The maximum atomic E-state index is 11.2. The summed E-state index contributed by atoms with van der Waals surface area (Å²) in [6.07, 6.45) is 0.116. The summed E-state index contributed by atoms with van der Waals surface area (Å²) < 4.78 is 4.58. The fourth-order valence-electron chi connectivity index (χ4n) is 1.51. The summed E-state index contributed by atoms with van der Waals surface area (Å²) >= 11 is 0. The Labute approximate surface area is 94.6 Å². The normalized spacial score (nSPS) is 9.62. The maximum absolute atomic E-state index is 11.2. The molecule has 84 valence electrons. The van der Waals surface area contributed by atoms with Gasteiger partial charge in [-0.25, -0.2) is 0 Å². The minimum atomic E-state index is -0.351. The number of benzene rings is 1. The summed E-state index contributed by atoms with van der Waals surface area (Å²) in [6.45, 7) is 2.29. The molecule has 0 saturated heterocycles. The first-order valence-electron chi connectivity index (χ1n) is 4.91. The van der Waals surface area contributed by atoms with Gasteiger partial charge >= 0.3 is 5.97 Å². The minimum absolute atomic E-state index is 0.116. The van der Waals surface area contributed by atoms with Crippen molar-refractivity contribution in [2.45, 2.75) is 19.9 Å². The standard InChI is InChI=1S/C12H14N2O2/c1-8-3-9(5-12(15)16-2)11(7-14)4-10(8)6-13/h3-4H,5-6,13H2,1-2H3. The third kappa shape index (κ3) is 2.59. The summed E-state index contributed by atoms with van der Waals surface area (Å²) in [7, 11) is 1.33. The molecular weight excluding hydrogens is 204 g/mol. The van der Waals surface area contributed by atoms with Crippen molar-refractivity contribution < 1.29 is 9.53 Å². The Bertz CT molecular complexity index is 447. The molecule has 4 nitrogen and oxygen atoms in total. The molecule has 0 radical (unpaired) electrons. The van der Waals surface area contributed by atoms with Crippen LogP contribution < -0.4 is 5.73 Å². The maximum Gasteiger partial charge on any atom is 0.310 e. The lowest BCUT2D eigenvalue weighted by molar-refractivity contribution is -0.139. The van der Waals surface area contributed by atoms with Crippen LogP contribution in [-0.4, -0.2) is 13.1 Å². The first kappa shape index (κ1) is 12.2. The topological polar surface area (TPSA) is 76.1 Å². The number of nitrogens with zero attached hydrogens (tertiary/aromatic N) is 1. The molecule has 0 atom stereocenters. The summed E-state index contributed by atoms with van der Waals surface area (Å²) in [4.78, 5) is 11.2. The third-order valence-electron chi connectivity index (χ3n) is 2.46. The van der Waals surface area contributed by atoms with Crippen LogP contribution in [0, 0.1) is 18.3 Å². The Kier molecular flexibility index (Phi) is 4.03. The van der Waals surface area contributed by atoms with Gasteiger partial charge in [0.2, 0.25) is 0 Å². The van der Waals surface area contributed by atoms with Gasteiger partial charge in [0.15, 0.2) is 0 Å². The van der Waals surface area contributed by atoms with Crippen LogP contribution in [0.15, 0.2) is 12.1 Å². The van der Waals surface area contributed by atoms with Crippen LogP contribution in [0.2, 0.25) is 0 Å². The Morgan fingerprint density at radius 2 is 2.19 bits per heavy atom. The Morgan fingerprint density at radius 1 is 1.50 bits per heavy atom. The number of esters is 1. The number of ether oxygens (including phenoxy) is 1. The molecule has 16 heavy (non-hydrogen) atoms. The molecule has 0 aromatic heterocycles. The highest BCUT2D eigenvalue weighted by Gasteiger charge is 2.10. The third-order valence-corrected chi connectivity index (χ3v) is 2.46. The molecule has 0 amide bonds. The zero-order valence-electron chi connectivity index (χ0n) is 9.41. The van der Waals surface area contributed by atoms with Crippen LogP contribution in [-0.2, 0) is 22.5 Å². The van der Waals surface area contributed by atoms with E-state index in [2.05, 4.69) is 10.8 Å². The second-order valence-corrected chi connectivity index (χ2v) is 3.50. The predicted molar refractivity (Wildman–Crippen MR) is 59.5 cm³/mol. The molecule has 0 aliphatic carbocycles. The zero-order chi connectivity index (χ0) is 12.1. The number of carbonyl (C=O) groups is 1. The largest absolute Gasteiger partial charge is 0.469 e. The van der Waals surface area contributed by atoms with E-state index in [0.717, 1.165) is 11.1 Å². The molecule has 0 saturated carbocycles. The molecular formula is C12H14N2O2. The SMILES string of the molecule is COC(=O)Cc1cc(C)c(CN)cc1C#N. The number of aryl methyl sites for hydroxylation is 1. The van der Waals surface area contributed by atoms with E-state index in [9.17, 15) is 4.79 Å². The zero-order valence-corrected chi connectivity index (χ0v) is 9.41. The van der Waals surface area contributed by atoms with Crippen LogP contribution in [0.25, 0.3) is 0 Å². The molecule has 0 aliphatic rings. The highest BCUT2D eigenvalue weighted by molar-refractivity contribution is 5.73. The predicted octanol–water partition coefficient (Wildman–Crippen LogP) is 1.04. The average molecular weight is 218 g/mol. The molecule has 0 bridgehead atoms. The molecule has 0 fully saturated rings. The van der Waals surface area contributed by atoms with Crippen LogP contribution in [0.1, 0.15) is 22.3 Å². The van der Waals surface area contributed by atoms with E-state index < -0.39 is 0 Å². The number of hydrogen-bond donors (Lipinski definition) is 1. The van der Waals surface area contributed by atoms with Crippen LogP contribution in [0.4, 0.5) is 0 Å². The molecule has 0 aliphatic heterocycles. The van der Waals surface area contributed by atoms with Crippen molar-refractivity contribution >= 4 is 5.97 Å². The van der Waals surface area contributed by atoms with E-state index in [4.69, 9.17) is 11.0 Å². The number of nitriles is 1. The highest BCUT2D eigenvalue weighted by atomic mass is 16.5. The van der Waals surface area contributed by atoms with E-state index in [-0.39, 0.29) is 12.4 Å². The smallest absolute Gasteiger partial charge is 0.310 e. The average Bonchev–Trinajstić information content (AvgIpc) is 2.29. The van der Waals surface area contributed by atoms with Crippen LogP contribution >= 0.6 is 0 Å². The van der Waals surface area contributed by atoms with Crippen molar-refractivity contribution in [1.29, 1.82) is 5.26 Å². The van der Waals surface area contributed by atoms with Gasteiger partial charge in [0, 0.05) is 6.54 Å². The van der Waals surface area contributed by atoms with Crippen molar-refractivity contribution in [3.8, 4) is 6.07 Å². The van der Waals surface area contributed by atoms with E-state index in [1.807, 2.05) is 13.0 Å². The van der Waals surface area contributed by atoms with Crippen molar-refractivity contribution in [3.63, 3.8) is 0 Å². The van der Waals surface area contributed by atoms with Crippen molar-refractivity contribution in [2.75, 3.05) is 7.11 Å². The van der Waals surface area contributed by atoms with E-state index in [1.54, 1.807) is 6.07 Å². The molecule has 1 aromatic rings. The van der Waals surface area contributed by atoms with Gasteiger partial charge < -0.3 is 10.5 Å². The summed E-state index contributed by atoms with van der Waals surface area (Å²) in [5.41, 5.74) is 8.63. The van der Waals surface area contributed by atoms with Gasteiger partial charge in [-0.15, -0.1) is 0 Å². The lowest BCUT2D eigenvalue weighted by atomic mass is 9.98. The van der Waals surface area contributed by atoms with Crippen molar-refractivity contribution in [2.24, 2.45) is 5.73 Å². The lowest BCUT2D eigenvalue weighted by Gasteiger charge is -2.08. The Hall–Kier alpha value is -1.86. The summed E-state index contributed by atoms with van der Waals surface area (Å²) in [6, 6.07) is 5.61. The molecule has 0 heterocycles. The van der Waals surface area contributed by atoms with Gasteiger partial charge in [0.1, 0.15) is 0 Å². The molecule has 4 heteroatoms. The number of nitrogens with two attached hydrogens (primary N) is 1. The van der Waals surface area contributed by atoms with Gasteiger partial charge in [0.05, 0.1) is 25.2 Å². The molecule has 0 unspecified atom stereocenters. The lowest BCUT2D eigenvalue weighted by Crippen LogP contribution is -2.08. The van der Waals surface area contributed by atoms with Gasteiger partial charge in [0.25, 0.3) is 0 Å². The van der Waals surface area contributed by atoms with Crippen molar-refractivity contribution in [3.05, 3.63) is 34.4 Å². The van der Waals surface area contributed by atoms with Crippen molar-refractivity contribution in [1.82, 2.24) is 0 Å². The second kappa shape index (κ2) is 5.29. The number of rotatable bonds is 3. The van der Waals surface area contributed by atoms with E-state index in [1.165, 1.54) is 7.11 Å². The first-order chi connectivity index (χ1) is 7.62. The number of carbonyl (C=O) groups excluding carboxylic acids is 1. The Morgan fingerprint density at radius 3 is 2.69 bits per heavy atom. The fourth-order valence-corrected chi connectivity index (χ4v) is 1.51. The second-order valence-electron chi connectivity index (χ2n) is 3.50. The molecule has 2 N–H and O–H groups in total. The first-order valence-corrected chi connectivity index (χ1v) is 4.91. The summed E-state index contributed by atoms with van der Waals surface area (Å²) in [5, 5.41) is 8.97. The van der Waals surface area contributed by atoms with Crippen LogP contribution in [0.5, 0.6) is 0 Å². The van der Waals surface area contributed by atoms with E-state index >= 15 is 0 Å². The van der Waals surface area contributed by atoms with E-state index in [0.29, 0.717) is 17.7 Å². The Balaban J connectivity index is 3.14. The number of hydrogen-bond acceptors (Lipinski definition) is 4. The molecule has 0 spiro atoms. The monoisotopic (exact) mass is 218 g/mol. The van der Waals surface area contributed by atoms with Gasteiger partial charge in [-0.3, -0.25) is 4.79 Å².